The molecule has 0 atom stereocenters. The molecule has 1 saturated carbocycles. The third-order valence-corrected chi connectivity index (χ3v) is 5.53. The van der Waals surface area contributed by atoms with E-state index < -0.39 is 5.57 Å². The fraction of sp³-hybridized carbons (Fsp3) is 0.208. The van der Waals surface area contributed by atoms with Crippen LogP contribution in [0.2, 0.25) is 0 Å². The summed E-state index contributed by atoms with van der Waals surface area (Å²) in [6, 6.07) is 13.4. The molecule has 168 valence electrons. The molecule has 2 aromatic heterocycles. The van der Waals surface area contributed by atoms with E-state index in [-0.39, 0.29) is 11.7 Å². The quantitative estimate of drug-likeness (QED) is 0.344. The van der Waals surface area contributed by atoms with Gasteiger partial charge in [0.15, 0.2) is 0 Å². The fourth-order valence-corrected chi connectivity index (χ4v) is 4.03. The number of nitrogens with one attached hydrogen (secondary N) is 1. The molecule has 1 aliphatic rings. The second-order valence-electron chi connectivity index (χ2n) is 7.92. The summed E-state index contributed by atoms with van der Waals surface area (Å²) >= 11 is 4.78. The van der Waals surface area contributed by atoms with Crippen LogP contribution in [-0.4, -0.2) is 26.0 Å². The van der Waals surface area contributed by atoms with E-state index in [0.717, 1.165) is 40.8 Å². The number of alkyl halides is 3. The average Bonchev–Trinajstić information content (AvgIpc) is 3.55. The first-order valence-electron chi connectivity index (χ1n) is 10.4. The van der Waals surface area contributed by atoms with Crippen molar-refractivity contribution in [2.24, 2.45) is 0 Å². The van der Waals surface area contributed by atoms with Gasteiger partial charge in [-0.1, -0.05) is 6.07 Å². The Hall–Kier alpha value is -3.52. The molecule has 0 spiro atoms. The normalized spacial score (nSPS) is 13.8. The molecule has 1 aliphatic carbocycles. The SMILES string of the molecule is Cc1nc2cc(C(=O)Nc3ccc(OC(F)(F)Cl)cc3)cc(-c3cccnc3)c2n1C1CC1. The zero-order chi connectivity index (χ0) is 23.2. The largest absolute Gasteiger partial charge is 0.487 e. The highest BCUT2D eigenvalue weighted by molar-refractivity contribution is 6.20. The van der Waals surface area contributed by atoms with Crippen molar-refractivity contribution in [3.05, 3.63) is 72.3 Å². The van der Waals surface area contributed by atoms with Crippen molar-refractivity contribution < 1.29 is 18.3 Å². The van der Waals surface area contributed by atoms with E-state index in [1.807, 2.05) is 25.1 Å². The molecule has 33 heavy (non-hydrogen) atoms. The number of amides is 1. The lowest BCUT2D eigenvalue weighted by atomic mass is 10.0. The van der Waals surface area contributed by atoms with E-state index in [1.54, 1.807) is 18.5 Å². The van der Waals surface area contributed by atoms with Crippen molar-refractivity contribution in [1.82, 2.24) is 14.5 Å². The highest BCUT2D eigenvalue weighted by Crippen LogP contribution is 2.41. The Kier molecular flexibility index (Phi) is 5.25. The van der Waals surface area contributed by atoms with Crippen LogP contribution < -0.4 is 10.1 Å². The number of anilines is 1. The van der Waals surface area contributed by atoms with Crippen molar-refractivity contribution in [2.45, 2.75) is 31.4 Å². The van der Waals surface area contributed by atoms with Crippen LogP contribution >= 0.6 is 11.6 Å². The van der Waals surface area contributed by atoms with E-state index in [0.29, 0.717) is 17.3 Å². The molecule has 0 radical (unpaired) electrons. The Morgan fingerprint density at radius 3 is 2.61 bits per heavy atom. The van der Waals surface area contributed by atoms with Crippen molar-refractivity contribution >= 4 is 34.2 Å². The number of benzene rings is 2. The number of aromatic nitrogens is 3. The zero-order valence-corrected chi connectivity index (χ0v) is 18.3. The van der Waals surface area contributed by atoms with Gasteiger partial charge in [0, 0.05) is 52.4 Å². The summed E-state index contributed by atoms with van der Waals surface area (Å²) in [6.07, 6.45) is 5.68. The van der Waals surface area contributed by atoms with Crippen LogP contribution in [0.1, 0.15) is 35.1 Å². The minimum absolute atomic E-state index is 0.116. The van der Waals surface area contributed by atoms with E-state index >= 15 is 0 Å². The standard InChI is InChI=1S/C24H19ClF2N4O2/c1-14-29-21-12-16(23(32)30-17-4-8-19(9-5-17)33-24(25,26)27)11-20(15-3-2-10-28-13-15)22(21)31(14)18-6-7-18/h2-5,8-13,18H,6-7H2,1H3,(H,30,32). The van der Waals surface area contributed by atoms with Gasteiger partial charge in [0.2, 0.25) is 0 Å². The third kappa shape index (κ3) is 4.52. The first kappa shape index (κ1) is 21.3. The van der Waals surface area contributed by atoms with E-state index in [2.05, 4.69) is 19.6 Å². The summed E-state index contributed by atoms with van der Waals surface area (Å²) in [5.41, 5.74) is 0.545. The molecule has 2 aromatic carbocycles. The number of nitrogens with zero attached hydrogens (tertiary/aromatic N) is 3. The second kappa shape index (κ2) is 8.12. The van der Waals surface area contributed by atoms with Crippen molar-refractivity contribution in [2.75, 3.05) is 5.32 Å². The Morgan fingerprint density at radius 1 is 1.21 bits per heavy atom. The monoisotopic (exact) mass is 468 g/mol. The van der Waals surface area contributed by atoms with Gasteiger partial charge in [-0.05, 0) is 62.2 Å². The first-order valence-corrected chi connectivity index (χ1v) is 10.8. The molecule has 2 heterocycles. The number of halogens is 3. The Morgan fingerprint density at radius 2 is 1.97 bits per heavy atom. The molecule has 1 amide bonds. The smallest absolute Gasteiger partial charge is 0.420 e. The number of fused-ring (bicyclic) bond motifs is 1. The fourth-order valence-electron chi connectivity index (χ4n) is 3.94. The highest BCUT2D eigenvalue weighted by atomic mass is 35.5. The van der Waals surface area contributed by atoms with Crippen molar-refractivity contribution in [1.29, 1.82) is 0 Å². The minimum atomic E-state index is -3.80. The zero-order valence-electron chi connectivity index (χ0n) is 17.6. The van der Waals surface area contributed by atoms with Gasteiger partial charge >= 0.3 is 5.57 Å². The summed E-state index contributed by atoms with van der Waals surface area (Å²) in [6.45, 7) is 1.97. The lowest BCUT2D eigenvalue weighted by Crippen LogP contribution is -2.16. The van der Waals surface area contributed by atoms with Gasteiger partial charge in [-0.2, -0.15) is 0 Å². The van der Waals surface area contributed by atoms with Crippen LogP contribution in [-0.2, 0) is 0 Å². The summed E-state index contributed by atoms with van der Waals surface area (Å²) < 4.78 is 32.1. The molecule has 4 aromatic rings. The molecular formula is C24H19ClF2N4O2. The van der Waals surface area contributed by atoms with Crippen molar-refractivity contribution in [3.63, 3.8) is 0 Å². The minimum Gasteiger partial charge on any atom is -0.420 e. The number of aryl methyl sites for hydroxylation is 1. The maximum atomic E-state index is 13.1. The predicted molar refractivity (Wildman–Crippen MR) is 122 cm³/mol. The van der Waals surface area contributed by atoms with Gasteiger partial charge < -0.3 is 14.6 Å². The van der Waals surface area contributed by atoms with Crippen LogP contribution in [0.4, 0.5) is 14.5 Å². The molecule has 9 heteroatoms. The molecule has 0 aliphatic heterocycles. The van der Waals surface area contributed by atoms with Crippen LogP contribution in [0.5, 0.6) is 5.75 Å². The molecule has 0 saturated heterocycles. The van der Waals surface area contributed by atoms with Gasteiger partial charge in [-0.25, -0.2) is 4.98 Å². The molecule has 6 nitrogen and oxygen atoms in total. The van der Waals surface area contributed by atoms with E-state index in [1.165, 1.54) is 24.3 Å². The van der Waals surface area contributed by atoms with E-state index in [9.17, 15) is 13.6 Å². The van der Waals surface area contributed by atoms with Crippen LogP contribution in [0, 0.1) is 6.92 Å². The summed E-state index contributed by atoms with van der Waals surface area (Å²) in [5.74, 6) is 0.438. The predicted octanol–water partition coefficient (Wildman–Crippen LogP) is 6.16. The van der Waals surface area contributed by atoms with Crippen LogP contribution in [0.25, 0.3) is 22.2 Å². The summed E-state index contributed by atoms with van der Waals surface area (Å²) in [4.78, 5) is 22.0. The number of hydrogen-bond donors (Lipinski definition) is 1. The van der Waals surface area contributed by atoms with E-state index in [4.69, 9.17) is 16.6 Å². The number of hydrogen-bond acceptors (Lipinski definition) is 4. The number of pyridine rings is 1. The summed E-state index contributed by atoms with van der Waals surface area (Å²) in [7, 11) is 0. The molecule has 0 bridgehead atoms. The Balaban J connectivity index is 1.50. The number of carbonyl (C=O) groups is 1. The van der Waals surface area contributed by atoms with Crippen LogP contribution in [0.3, 0.4) is 0 Å². The van der Waals surface area contributed by atoms with Gasteiger partial charge in [-0.3, -0.25) is 9.78 Å². The van der Waals surface area contributed by atoms with Gasteiger partial charge in [0.1, 0.15) is 11.6 Å². The van der Waals surface area contributed by atoms with Gasteiger partial charge in [0.05, 0.1) is 11.0 Å². The van der Waals surface area contributed by atoms with Gasteiger partial charge in [0.25, 0.3) is 5.91 Å². The molecule has 0 unspecified atom stereocenters. The molecule has 1 N–H and O–H groups in total. The summed E-state index contributed by atoms with van der Waals surface area (Å²) in [5, 5.41) is 2.78. The first-order chi connectivity index (χ1) is 15.8. The number of rotatable bonds is 6. The number of ether oxygens (including phenoxy) is 1. The maximum absolute atomic E-state index is 13.1. The van der Waals surface area contributed by atoms with Crippen molar-refractivity contribution in [3.8, 4) is 16.9 Å². The van der Waals surface area contributed by atoms with Crippen LogP contribution in [0.15, 0.2) is 60.9 Å². The highest BCUT2D eigenvalue weighted by Gasteiger charge is 2.29. The lowest BCUT2D eigenvalue weighted by Gasteiger charge is -2.13. The van der Waals surface area contributed by atoms with Gasteiger partial charge in [-0.15, -0.1) is 8.78 Å². The second-order valence-corrected chi connectivity index (χ2v) is 8.36. The lowest BCUT2D eigenvalue weighted by molar-refractivity contribution is -0.0964. The maximum Gasteiger partial charge on any atom is 0.487 e. The molecule has 5 rings (SSSR count). The number of imidazole rings is 1. The Labute approximate surface area is 193 Å². The Bertz CT molecular complexity index is 1330. The third-order valence-electron chi connectivity index (χ3n) is 5.45. The number of carbonyl (C=O) groups excluding carboxylic acids is 1. The molecule has 1 fully saturated rings. The average molecular weight is 469 g/mol. The topological polar surface area (TPSA) is 69.0 Å². The molecular weight excluding hydrogens is 450 g/mol.